The van der Waals surface area contributed by atoms with Crippen LogP contribution in [0.4, 0.5) is 4.79 Å². The largest absolute Gasteiger partial charge is 0.337 e. The van der Waals surface area contributed by atoms with E-state index in [1.165, 1.54) is 0 Å². The van der Waals surface area contributed by atoms with E-state index in [0.29, 0.717) is 5.82 Å². The molecule has 2 amide bonds. The van der Waals surface area contributed by atoms with E-state index in [4.69, 9.17) is 4.52 Å². The molecule has 0 aliphatic carbocycles. The van der Waals surface area contributed by atoms with Crippen LogP contribution in [0.3, 0.4) is 0 Å². The molecule has 0 bridgehead atoms. The van der Waals surface area contributed by atoms with Gasteiger partial charge >= 0.3 is 0 Å². The molecule has 0 saturated carbocycles. The van der Waals surface area contributed by atoms with E-state index >= 15 is 0 Å². The third-order valence-corrected chi connectivity index (χ3v) is 3.77. The lowest BCUT2D eigenvalue weighted by Gasteiger charge is -2.08. The first-order valence-electron chi connectivity index (χ1n) is 6.00. The number of imide groups is 1. The Bertz CT molecular complexity index is 650. The molecular formula is C13H11N3O3S. The molecule has 1 aromatic carbocycles. The number of hydrogen-bond donors (Lipinski definition) is 0. The van der Waals surface area contributed by atoms with Gasteiger partial charge in [0.1, 0.15) is 6.54 Å². The predicted octanol–water partition coefficient (Wildman–Crippen LogP) is 2.24. The lowest BCUT2D eigenvalue weighted by Crippen LogP contribution is -2.28. The van der Waals surface area contributed by atoms with Crippen molar-refractivity contribution in [3.8, 4) is 11.4 Å². The highest BCUT2D eigenvalue weighted by atomic mass is 32.2. The Balaban J connectivity index is 1.78. The summed E-state index contributed by atoms with van der Waals surface area (Å²) in [7, 11) is 0. The minimum Gasteiger partial charge on any atom is -0.337 e. The van der Waals surface area contributed by atoms with E-state index in [1.54, 1.807) is 0 Å². The van der Waals surface area contributed by atoms with Crippen molar-refractivity contribution in [3.63, 3.8) is 0 Å². The van der Waals surface area contributed by atoms with Crippen molar-refractivity contribution in [2.75, 3.05) is 5.75 Å². The maximum absolute atomic E-state index is 11.5. The third kappa shape index (κ3) is 2.44. The lowest BCUT2D eigenvalue weighted by molar-refractivity contribution is -0.125. The number of aromatic nitrogens is 2. The predicted molar refractivity (Wildman–Crippen MR) is 72.9 cm³/mol. The van der Waals surface area contributed by atoms with Crippen molar-refractivity contribution in [2.24, 2.45) is 0 Å². The van der Waals surface area contributed by atoms with Crippen molar-refractivity contribution in [2.45, 2.75) is 13.5 Å². The minimum atomic E-state index is -0.273. The van der Waals surface area contributed by atoms with E-state index in [9.17, 15) is 9.59 Å². The van der Waals surface area contributed by atoms with Crippen LogP contribution in [0.2, 0.25) is 0 Å². The fourth-order valence-electron chi connectivity index (χ4n) is 1.81. The SMILES string of the molecule is Cc1ccc(-c2noc(CN3C(=O)CSC3=O)n2)cc1. The number of carbonyl (C=O) groups is 2. The molecule has 1 aliphatic heterocycles. The smallest absolute Gasteiger partial charge is 0.289 e. The Morgan fingerprint density at radius 1 is 1.30 bits per heavy atom. The number of carbonyl (C=O) groups excluding carboxylic acids is 2. The summed E-state index contributed by atoms with van der Waals surface area (Å²) in [4.78, 5) is 28.3. The van der Waals surface area contributed by atoms with Crippen LogP contribution < -0.4 is 0 Å². The Kier molecular flexibility index (Phi) is 3.27. The maximum Gasteiger partial charge on any atom is 0.289 e. The van der Waals surface area contributed by atoms with E-state index < -0.39 is 0 Å². The van der Waals surface area contributed by atoms with Gasteiger partial charge < -0.3 is 4.52 Å². The average molecular weight is 289 g/mol. The van der Waals surface area contributed by atoms with Gasteiger partial charge in [-0.1, -0.05) is 46.7 Å². The van der Waals surface area contributed by atoms with E-state index in [-0.39, 0.29) is 29.3 Å². The second kappa shape index (κ2) is 5.09. The van der Waals surface area contributed by atoms with Crippen molar-refractivity contribution >= 4 is 22.9 Å². The Labute approximate surface area is 119 Å². The molecule has 102 valence electrons. The van der Waals surface area contributed by atoms with E-state index in [1.807, 2.05) is 31.2 Å². The molecule has 0 spiro atoms. The van der Waals surface area contributed by atoms with Gasteiger partial charge in [-0.15, -0.1) is 0 Å². The van der Waals surface area contributed by atoms with Crippen LogP contribution in [0.15, 0.2) is 28.8 Å². The van der Waals surface area contributed by atoms with E-state index in [2.05, 4.69) is 10.1 Å². The van der Waals surface area contributed by atoms with Gasteiger partial charge in [-0.05, 0) is 6.92 Å². The van der Waals surface area contributed by atoms with Crippen molar-refractivity contribution in [1.29, 1.82) is 0 Å². The first-order chi connectivity index (χ1) is 9.63. The maximum atomic E-state index is 11.5. The molecule has 2 aromatic rings. The van der Waals surface area contributed by atoms with Crippen LogP contribution in [0.1, 0.15) is 11.5 Å². The standard InChI is InChI=1S/C13H11N3O3S/c1-8-2-4-9(5-3-8)12-14-10(19-15-12)6-16-11(17)7-20-13(16)18/h2-5H,6-7H2,1H3. The zero-order valence-electron chi connectivity index (χ0n) is 10.7. The molecule has 1 saturated heterocycles. The summed E-state index contributed by atoms with van der Waals surface area (Å²) in [6.07, 6.45) is 0. The van der Waals surface area contributed by atoms with Crippen LogP contribution in [0.25, 0.3) is 11.4 Å². The first-order valence-corrected chi connectivity index (χ1v) is 6.99. The second-order valence-corrected chi connectivity index (χ2v) is 5.34. The molecule has 3 rings (SSSR count). The average Bonchev–Trinajstić information content (AvgIpc) is 3.02. The highest BCUT2D eigenvalue weighted by Crippen LogP contribution is 2.22. The van der Waals surface area contributed by atoms with Crippen LogP contribution >= 0.6 is 11.8 Å². The molecule has 0 radical (unpaired) electrons. The van der Waals surface area contributed by atoms with Crippen LogP contribution in [0.5, 0.6) is 0 Å². The number of thioether (sulfide) groups is 1. The van der Waals surface area contributed by atoms with Crippen LogP contribution in [0, 0.1) is 6.92 Å². The quantitative estimate of drug-likeness (QED) is 0.862. The summed E-state index contributed by atoms with van der Waals surface area (Å²) >= 11 is 0.985. The molecular weight excluding hydrogens is 278 g/mol. The van der Waals surface area contributed by atoms with Gasteiger partial charge in [-0.25, -0.2) is 0 Å². The Morgan fingerprint density at radius 3 is 2.70 bits per heavy atom. The second-order valence-electron chi connectivity index (χ2n) is 4.41. The van der Waals surface area contributed by atoms with Gasteiger partial charge in [0.2, 0.25) is 17.6 Å². The summed E-state index contributed by atoms with van der Waals surface area (Å²) in [6.45, 7) is 2.03. The normalized spacial score (nSPS) is 15.2. The lowest BCUT2D eigenvalue weighted by atomic mass is 10.1. The number of amides is 2. The monoisotopic (exact) mass is 289 g/mol. The molecule has 6 nitrogen and oxygen atoms in total. The zero-order valence-corrected chi connectivity index (χ0v) is 11.5. The fourth-order valence-corrected chi connectivity index (χ4v) is 2.53. The molecule has 1 aliphatic rings. The van der Waals surface area contributed by atoms with Gasteiger partial charge in [0.15, 0.2) is 0 Å². The molecule has 1 aromatic heterocycles. The number of hydrogen-bond acceptors (Lipinski definition) is 6. The van der Waals surface area contributed by atoms with Gasteiger partial charge in [-0.2, -0.15) is 4.98 Å². The van der Waals surface area contributed by atoms with Crippen molar-refractivity contribution < 1.29 is 14.1 Å². The van der Waals surface area contributed by atoms with Crippen LogP contribution in [-0.2, 0) is 11.3 Å². The molecule has 20 heavy (non-hydrogen) atoms. The number of benzene rings is 1. The highest BCUT2D eigenvalue weighted by Gasteiger charge is 2.31. The highest BCUT2D eigenvalue weighted by molar-refractivity contribution is 8.14. The van der Waals surface area contributed by atoms with Gasteiger partial charge in [0, 0.05) is 5.56 Å². The summed E-state index contributed by atoms with van der Waals surface area (Å²) in [5, 5.41) is 3.59. The number of rotatable bonds is 3. The molecule has 2 heterocycles. The summed E-state index contributed by atoms with van der Waals surface area (Å²) in [6, 6.07) is 7.70. The Morgan fingerprint density at radius 2 is 2.05 bits per heavy atom. The van der Waals surface area contributed by atoms with Crippen LogP contribution in [-0.4, -0.2) is 31.9 Å². The number of nitrogens with zero attached hydrogens (tertiary/aromatic N) is 3. The molecule has 0 N–H and O–H groups in total. The van der Waals surface area contributed by atoms with Gasteiger partial charge in [-0.3, -0.25) is 14.5 Å². The first kappa shape index (κ1) is 12.9. The Hall–Kier alpha value is -2.15. The molecule has 1 fully saturated rings. The summed E-state index contributed by atoms with van der Waals surface area (Å²) < 4.78 is 5.09. The zero-order chi connectivity index (χ0) is 14.1. The van der Waals surface area contributed by atoms with Gasteiger partial charge in [0.05, 0.1) is 5.75 Å². The third-order valence-electron chi connectivity index (χ3n) is 2.91. The topological polar surface area (TPSA) is 76.3 Å². The number of aryl methyl sites for hydroxylation is 1. The minimum absolute atomic E-state index is 0.0313. The van der Waals surface area contributed by atoms with Crippen molar-refractivity contribution in [3.05, 3.63) is 35.7 Å². The van der Waals surface area contributed by atoms with Gasteiger partial charge in [0.25, 0.3) is 5.24 Å². The summed E-state index contributed by atoms with van der Waals surface area (Å²) in [5.74, 6) is 0.657. The van der Waals surface area contributed by atoms with Crippen molar-refractivity contribution in [1.82, 2.24) is 15.0 Å². The fraction of sp³-hybridized carbons (Fsp3) is 0.231. The molecule has 7 heteroatoms. The molecule has 0 atom stereocenters. The summed E-state index contributed by atoms with van der Waals surface area (Å²) in [5.41, 5.74) is 1.97. The molecule has 0 unspecified atom stereocenters. The van der Waals surface area contributed by atoms with E-state index in [0.717, 1.165) is 27.8 Å².